The van der Waals surface area contributed by atoms with Gasteiger partial charge in [-0.15, -0.1) is 11.3 Å². The fourth-order valence-corrected chi connectivity index (χ4v) is 3.48. The van der Waals surface area contributed by atoms with Gasteiger partial charge in [0, 0.05) is 23.9 Å². The smallest absolute Gasteiger partial charge is 0.226 e. The van der Waals surface area contributed by atoms with Crippen LogP contribution in [-0.4, -0.2) is 30.4 Å². The molecule has 1 N–H and O–H groups in total. The van der Waals surface area contributed by atoms with Crippen LogP contribution in [0.15, 0.2) is 11.4 Å². The summed E-state index contributed by atoms with van der Waals surface area (Å²) in [5, 5.41) is 5.38. The molecule has 3 heterocycles. The fraction of sp³-hybridized carbons (Fsp3) is 0.615. The van der Waals surface area contributed by atoms with Gasteiger partial charge in [0.1, 0.15) is 0 Å². The molecule has 17 heavy (non-hydrogen) atoms. The number of carbonyl (C=O) groups excluding carboxylic acids is 1. The number of carbonyl (C=O) groups is 1. The Labute approximate surface area is 106 Å². The number of fused-ring (bicyclic) bond motifs is 1. The van der Waals surface area contributed by atoms with Gasteiger partial charge in [-0.25, -0.2) is 0 Å². The minimum Gasteiger partial charge on any atom is -0.338 e. The van der Waals surface area contributed by atoms with Gasteiger partial charge >= 0.3 is 0 Å². The number of thiophene rings is 1. The zero-order valence-electron chi connectivity index (χ0n) is 10.1. The molecule has 1 fully saturated rings. The Kier molecular flexibility index (Phi) is 2.92. The van der Waals surface area contributed by atoms with E-state index in [-0.39, 0.29) is 5.92 Å². The van der Waals surface area contributed by atoms with Gasteiger partial charge < -0.3 is 10.2 Å². The molecule has 1 unspecified atom stereocenters. The van der Waals surface area contributed by atoms with Gasteiger partial charge in [0.15, 0.2) is 0 Å². The average Bonchev–Trinajstić information content (AvgIpc) is 2.72. The van der Waals surface area contributed by atoms with Crippen LogP contribution in [0.2, 0.25) is 0 Å². The molecule has 1 amide bonds. The molecule has 0 bridgehead atoms. The lowest BCUT2D eigenvalue weighted by molar-refractivity contribution is -0.138. The van der Waals surface area contributed by atoms with E-state index in [1.165, 1.54) is 10.4 Å². The molecule has 0 aromatic carbocycles. The highest BCUT2D eigenvalue weighted by molar-refractivity contribution is 7.10. The van der Waals surface area contributed by atoms with Crippen molar-refractivity contribution in [2.45, 2.75) is 19.9 Å². The first-order valence-electron chi connectivity index (χ1n) is 6.30. The Hall–Kier alpha value is -0.870. The van der Waals surface area contributed by atoms with Crippen LogP contribution in [0.3, 0.4) is 0 Å². The van der Waals surface area contributed by atoms with Gasteiger partial charge in [0.05, 0.1) is 0 Å². The molecule has 1 aromatic heterocycles. The van der Waals surface area contributed by atoms with E-state index in [2.05, 4.69) is 23.7 Å². The number of hydrogen-bond donors (Lipinski definition) is 1. The molecule has 4 heteroatoms. The van der Waals surface area contributed by atoms with E-state index in [0.717, 1.165) is 32.6 Å². The quantitative estimate of drug-likeness (QED) is 0.862. The van der Waals surface area contributed by atoms with E-state index in [4.69, 9.17) is 0 Å². The number of hydrogen-bond acceptors (Lipinski definition) is 3. The number of amides is 1. The maximum absolute atomic E-state index is 12.4. The summed E-state index contributed by atoms with van der Waals surface area (Å²) in [6.45, 7) is 5.81. The second-order valence-electron chi connectivity index (χ2n) is 5.09. The summed E-state index contributed by atoms with van der Waals surface area (Å²) in [4.78, 5) is 15.9. The summed E-state index contributed by atoms with van der Waals surface area (Å²) in [6, 6.07) is 2.16. The minimum atomic E-state index is 0.177. The summed E-state index contributed by atoms with van der Waals surface area (Å²) in [5.41, 5.74) is 1.36. The van der Waals surface area contributed by atoms with Crippen molar-refractivity contribution in [1.29, 1.82) is 0 Å². The van der Waals surface area contributed by atoms with Crippen molar-refractivity contribution in [2.24, 2.45) is 11.8 Å². The molecule has 1 saturated heterocycles. The molecule has 92 valence electrons. The van der Waals surface area contributed by atoms with Crippen LogP contribution in [0.1, 0.15) is 17.4 Å². The van der Waals surface area contributed by atoms with Gasteiger partial charge in [0.2, 0.25) is 5.91 Å². The van der Waals surface area contributed by atoms with Crippen molar-refractivity contribution in [3.05, 3.63) is 21.9 Å². The standard InChI is InChI=1S/C13H18N2OS/c1-9(11-6-14-7-11)13(16)15-4-2-12-10(8-15)3-5-17-12/h3,5,9,11,14H,2,4,6-8H2,1H3. The summed E-state index contributed by atoms with van der Waals surface area (Å²) < 4.78 is 0. The van der Waals surface area contributed by atoms with Gasteiger partial charge in [-0.3, -0.25) is 4.79 Å². The molecule has 3 nitrogen and oxygen atoms in total. The monoisotopic (exact) mass is 250 g/mol. The lowest BCUT2D eigenvalue weighted by atomic mass is 9.87. The Balaban J connectivity index is 1.67. The summed E-state index contributed by atoms with van der Waals surface area (Å²) in [7, 11) is 0. The molecule has 2 aliphatic rings. The highest BCUT2D eigenvalue weighted by Gasteiger charge is 2.32. The summed E-state index contributed by atoms with van der Waals surface area (Å²) in [5.74, 6) is 1.07. The zero-order valence-corrected chi connectivity index (χ0v) is 10.9. The molecule has 0 aliphatic carbocycles. The van der Waals surface area contributed by atoms with Crippen LogP contribution in [0, 0.1) is 11.8 Å². The molecule has 2 aliphatic heterocycles. The van der Waals surface area contributed by atoms with E-state index in [9.17, 15) is 4.79 Å². The van der Waals surface area contributed by atoms with Crippen LogP contribution in [-0.2, 0) is 17.8 Å². The Bertz CT molecular complexity index is 425. The molecule has 0 saturated carbocycles. The number of nitrogens with zero attached hydrogens (tertiary/aromatic N) is 1. The molecule has 3 rings (SSSR count). The SMILES string of the molecule is CC(C(=O)N1CCc2sccc2C1)C1CNC1. The van der Waals surface area contributed by atoms with E-state index in [0.29, 0.717) is 11.8 Å². The van der Waals surface area contributed by atoms with Crippen LogP contribution >= 0.6 is 11.3 Å². The van der Waals surface area contributed by atoms with Crippen molar-refractivity contribution >= 4 is 17.2 Å². The Morgan fingerprint density at radius 2 is 2.41 bits per heavy atom. The molecular formula is C13H18N2OS. The highest BCUT2D eigenvalue weighted by Crippen LogP contribution is 2.26. The molecule has 1 aromatic rings. The van der Waals surface area contributed by atoms with Crippen molar-refractivity contribution in [3.63, 3.8) is 0 Å². The lowest BCUT2D eigenvalue weighted by Gasteiger charge is -2.36. The molecular weight excluding hydrogens is 232 g/mol. The van der Waals surface area contributed by atoms with Gasteiger partial charge in [0.25, 0.3) is 0 Å². The predicted octanol–water partition coefficient (Wildman–Crippen LogP) is 1.49. The average molecular weight is 250 g/mol. The first kappa shape index (κ1) is 11.2. The third kappa shape index (κ3) is 2.00. The van der Waals surface area contributed by atoms with E-state index in [1.807, 2.05) is 16.2 Å². The molecule has 1 atom stereocenters. The number of nitrogens with one attached hydrogen (secondary N) is 1. The van der Waals surface area contributed by atoms with E-state index >= 15 is 0 Å². The summed E-state index contributed by atoms with van der Waals surface area (Å²) in [6.07, 6.45) is 1.04. The third-order valence-corrected chi connectivity index (χ3v) is 5.05. The van der Waals surface area contributed by atoms with Gasteiger partial charge in [-0.05, 0) is 42.4 Å². The van der Waals surface area contributed by atoms with Crippen molar-refractivity contribution in [3.8, 4) is 0 Å². The molecule has 0 spiro atoms. The summed E-state index contributed by atoms with van der Waals surface area (Å²) >= 11 is 1.82. The first-order valence-corrected chi connectivity index (χ1v) is 7.18. The highest BCUT2D eigenvalue weighted by atomic mass is 32.1. The second-order valence-corrected chi connectivity index (χ2v) is 6.09. The second kappa shape index (κ2) is 4.42. The Morgan fingerprint density at radius 1 is 1.59 bits per heavy atom. The van der Waals surface area contributed by atoms with Gasteiger partial charge in [-0.2, -0.15) is 0 Å². The Morgan fingerprint density at radius 3 is 3.12 bits per heavy atom. The van der Waals surface area contributed by atoms with Crippen LogP contribution in [0.5, 0.6) is 0 Å². The third-order valence-electron chi connectivity index (χ3n) is 4.03. The zero-order chi connectivity index (χ0) is 11.8. The van der Waals surface area contributed by atoms with Crippen LogP contribution in [0.25, 0.3) is 0 Å². The maximum Gasteiger partial charge on any atom is 0.226 e. The van der Waals surface area contributed by atoms with E-state index in [1.54, 1.807) is 0 Å². The minimum absolute atomic E-state index is 0.177. The topological polar surface area (TPSA) is 32.3 Å². The predicted molar refractivity (Wildman–Crippen MR) is 69.0 cm³/mol. The molecule has 0 radical (unpaired) electrons. The van der Waals surface area contributed by atoms with Gasteiger partial charge in [-0.1, -0.05) is 6.92 Å². The maximum atomic E-state index is 12.4. The fourth-order valence-electron chi connectivity index (χ4n) is 2.59. The van der Waals surface area contributed by atoms with E-state index < -0.39 is 0 Å². The van der Waals surface area contributed by atoms with Crippen molar-refractivity contribution in [1.82, 2.24) is 10.2 Å². The van der Waals surface area contributed by atoms with Crippen LogP contribution in [0.4, 0.5) is 0 Å². The lowest BCUT2D eigenvalue weighted by Crippen LogP contribution is -2.51. The van der Waals surface area contributed by atoms with Crippen molar-refractivity contribution < 1.29 is 4.79 Å². The first-order chi connectivity index (χ1) is 8.25. The number of rotatable bonds is 2. The largest absolute Gasteiger partial charge is 0.338 e. The van der Waals surface area contributed by atoms with Crippen molar-refractivity contribution in [2.75, 3.05) is 19.6 Å². The van der Waals surface area contributed by atoms with Crippen LogP contribution < -0.4 is 5.32 Å². The normalized spacial score (nSPS) is 21.8.